The lowest BCUT2D eigenvalue weighted by Crippen LogP contribution is -2.18. The van der Waals surface area contributed by atoms with Gasteiger partial charge in [-0.2, -0.15) is 5.26 Å². The zero-order chi connectivity index (χ0) is 20.1. The van der Waals surface area contributed by atoms with E-state index in [1.807, 2.05) is 42.5 Å². The highest BCUT2D eigenvalue weighted by molar-refractivity contribution is 5.90. The first-order valence-electron chi connectivity index (χ1n) is 8.92. The van der Waals surface area contributed by atoms with Crippen LogP contribution in [0.2, 0.25) is 0 Å². The van der Waals surface area contributed by atoms with Gasteiger partial charge in [-0.1, -0.05) is 55.1 Å². The Labute approximate surface area is 162 Å². The Balaban J connectivity index is 2.17. The van der Waals surface area contributed by atoms with Crippen LogP contribution in [0.25, 0.3) is 11.0 Å². The Kier molecular flexibility index (Phi) is 5.71. The number of fused-ring (bicyclic) bond motifs is 1. The number of carbonyl (C=O) groups excluding carboxylic acids is 1. The van der Waals surface area contributed by atoms with Crippen molar-refractivity contribution in [3.63, 3.8) is 0 Å². The molecule has 3 rings (SSSR count). The molecule has 0 saturated carbocycles. The molecule has 0 saturated heterocycles. The Morgan fingerprint density at radius 3 is 2.54 bits per heavy atom. The summed E-state index contributed by atoms with van der Waals surface area (Å²) in [5, 5.41) is 10.2. The van der Waals surface area contributed by atoms with Gasteiger partial charge in [0.25, 0.3) is 0 Å². The van der Waals surface area contributed by atoms with Crippen LogP contribution in [0, 0.1) is 11.3 Å². The lowest BCUT2D eigenvalue weighted by atomic mass is 9.84. The van der Waals surface area contributed by atoms with Gasteiger partial charge < -0.3 is 9.15 Å². The maximum atomic E-state index is 12.4. The van der Waals surface area contributed by atoms with Crippen molar-refractivity contribution in [2.75, 3.05) is 6.61 Å². The minimum absolute atomic E-state index is 0.0590. The van der Waals surface area contributed by atoms with Gasteiger partial charge in [0.1, 0.15) is 17.2 Å². The van der Waals surface area contributed by atoms with E-state index < -0.39 is 17.5 Å². The smallest absolute Gasteiger partial charge is 0.354 e. The lowest BCUT2D eigenvalue weighted by Gasteiger charge is -2.20. The van der Waals surface area contributed by atoms with Crippen LogP contribution in [0.5, 0.6) is 0 Å². The summed E-state index contributed by atoms with van der Waals surface area (Å²) >= 11 is 0. The molecular formula is C23H19NO4. The predicted octanol–water partition coefficient (Wildman–Crippen LogP) is 4.11. The summed E-state index contributed by atoms with van der Waals surface area (Å²) in [7, 11) is 0. The van der Waals surface area contributed by atoms with E-state index in [2.05, 4.69) is 6.58 Å². The monoisotopic (exact) mass is 373 g/mol. The minimum Gasteiger partial charge on any atom is -0.463 e. The van der Waals surface area contributed by atoms with E-state index in [9.17, 15) is 14.9 Å². The average molecular weight is 373 g/mol. The molecule has 2 aromatic carbocycles. The number of rotatable bonds is 6. The van der Waals surface area contributed by atoms with Crippen LogP contribution in [0.1, 0.15) is 29.5 Å². The van der Waals surface area contributed by atoms with Crippen LogP contribution in [0.4, 0.5) is 0 Å². The molecule has 1 heterocycles. The molecule has 0 bridgehead atoms. The number of para-hydroxylation sites is 1. The highest BCUT2D eigenvalue weighted by Gasteiger charge is 2.26. The van der Waals surface area contributed by atoms with Crippen molar-refractivity contribution in [1.82, 2.24) is 0 Å². The molecule has 140 valence electrons. The van der Waals surface area contributed by atoms with E-state index in [0.717, 1.165) is 5.56 Å². The molecule has 0 spiro atoms. The number of ether oxygens (including phenoxy) is 1. The number of benzene rings is 2. The van der Waals surface area contributed by atoms with Crippen molar-refractivity contribution in [3.8, 4) is 6.07 Å². The van der Waals surface area contributed by atoms with Crippen LogP contribution in [0.15, 0.2) is 76.0 Å². The number of hydrogen-bond donors (Lipinski definition) is 0. The van der Waals surface area contributed by atoms with Crippen molar-refractivity contribution < 1.29 is 13.9 Å². The fourth-order valence-electron chi connectivity index (χ4n) is 3.24. The largest absolute Gasteiger partial charge is 0.463 e. The molecule has 0 N–H and O–H groups in total. The van der Waals surface area contributed by atoms with Gasteiger partial charge in [-0.15, -0.1) is 0 Å². The highest BCUT2D eigenvalue weighted by atomic mass is 16.5. The molecule has 0 aliphatic heterocycles. The third kappa shape index (κ3) is 3.72. The number of carbonyl (C=O) groups is 1. The first kappa shape index (κ1) is 19.1. The van der Waals surface area contributed by atoms with E-state index in [4.69, 9.17) is 9.15 Å². The Bertz CT molecular complexity index is 1120. The van der Waals surface area contributed by atoms with Crippen LogP contribution in [0.3, 0.4) is 0 Å². The maximum Gasteiger partial charge on any atom is 0.354 e. The van der Waals surface area contributed by atoms with Crippen molar-refractivity contribution in [2.45, 2.75) is 19.3 Å². The zero-order valence-corrected chi connectivity index (χ0v) is 15.5. The topological polar surface area (TPSA) is 80.3 Å². The van der Waals surface area contributed by atoms with Gasteiger partial charge in [-0.25, -0.2) is 9.59 Å². The van der Waals surface area contributed by atoms with E-state index >= 15 is 0 Å². The summed E-state index contributed by atoms with van der Waals surface area (Å²) in [6, 6.07) is 18.4. The van der Waals surface area contributed by atoms with Gasteiger partial charge in [-0.05, 0) is 30.5 Å². The molecule has 0 radical (unpaired) electrons. The maximum absolute atomic E-state index is 12.4. The second kappa shape index (κ2) is 8.36. The second-order valence-corrected chi connectivity index (χ2v) is 6.26. The van der Waals surface area contributed by atoms with Crippen molar-refractivity contribution in [2.24, 2.45) is 0 Å². The van der Waals surface area contributed by atoms with Crippen molar-refractivity contribution >= 4 is 16.9 Å². The molecule has 0 aliphatic rings. The van der Waals surface area contributed by atoms with Gasteiger partial charge >= 0.3 is 11.6 Å². The number of esters is 1. The van der Waals surface area contributed by atoms with Gasteiger partial charge in [0.05, 0.1) is 6.61 Å². The SMILES string of the molecule is C=C(C(=O)OCC)[C@H](Cc1c(C#N)c(=O)oc2ccccc12)c1ccccc1. The second-order valence-electron chi connectivity index (χ2n) is 6.26. The van der Waals surface area contributed by atoms with Crippen LogP contribution in [-0.2, 0) is 16.0 Å². The molecule has 0 amide bonds. The van der Waals surface area contributed by atoms with E-state index in [1.54, 1.807) is 25.1 Å². The zero-order valence-electron chi connectivity index (χ0n) is 15.5. The molecule has 3 aromatic rings. The Morgan fingerprint density at radius 1 is 1.18 bits per heavy atom. The van der Waals surface area contributed by atoms with Crippen LogP contribution >= 0.6 is 0 Å². The summed E-state index contributed by atoms with van der Waals surface area (Å²) in [5.74, 6) is -0.945. The minimum atomic E-state index is -0.690. The van der Waals surface area contributed by atoms with Gasteiger partial charge in [0.15, 0.2) is 0 Å². The Hall–Kier alpha value is -3.65. The summed E-state index contributed by atoms with van der Waals surface area (Å²) in [6.07, 6.45) is 0.247. The van der Waals surface area contributed by atoms with Gasteiger partial charge in [0, 0.05) is 16.9 Å². The Morgan fingerprint density at radius 2 is 1.86 bits per heavy atom. The quantitative estimate of drug-likeness (QED) is 0.369. The third-order valence-electron chi connectivity index (χ3n) is 4.60. The van der Waals surface area contributed by atoms with E-state index in [1.165, 1.54) is 0 Å². The molecule has 28 heavy (non-hydrogen) atoms. The predicted molar refractivity (Wildman–Crippen MR) is 106 cm³/mol. The van der Waals surface area contributed by atoms with Gasteiger partial charge in [0.2, 0.25) is 0 Å². The molecule has 5 nitrogen and oxygen atoms in total. The van der Waals surface area contributed by atoms with E-state index in [-0.39, 0.29) is 24.2 Å². The van der Waals surface area contributed by atoms with E-state index in [0.29, 0.717) is 16.5 Å². The van der Waals surface area contributed by atoms with Crippen molar-refractivity contribution in [1.29, 1.82) is 5.26 Å². The molecule has 0 fully saturated rings. The normalized spacial score (nSPS) is 11.6. The van der Waals surface area contributed by atoms with Crippen molar-refractivity contribution in [3.05, 3.63) is 93.9 Å². The molecular weight excluding hydrogens is 354 g/mol. The number of hydrogen-bond acceptors (Lipinski definition) is 5. The third-order valence-corrected chi connectivity index (χ3v) is 4.60. The standard InChI is InChI=1S/C23H19NO4/c1-3-27-22(25)15(2)18(16-9-5-4-6-10-16)13-19-17-11-7-8-12-21(17)28-23(26)20(19)14-24/h4-12,18H,2-3,13H2,1H3/t18-/m0/s1. The first-order valence-corrected chi connectivity index (χ1v) is 8.92. The molecule has 0 aliphatic carbocycles. The first-order chi connectivity index (χ1) is 13.6. The summed E-state index contributed by atoms with van der Waals surface area (Å²) in [6.45, 7) is 5.91. The fraction of sp³-hybridized carbons (Fsp3) is 0.174. The van der Waals surface area contributed by atoms with Crippen LogP contribution < -0.4 is 5.63 Å². The van der Waals surface area contributed by atoms with Gasteiger partial charge in [-0.3, -0.25) is 0 Å². The van der Waals surface area contributed by atoms with Crippen LogP contribution in [-0.4, -0.2) is 12.6 Å². The summed E-state index contributed by atoms with van der Waals surface area (Å²) < 4.78 is 10.4. The fourth-order valence-corrected chi connectivity index (χ4v) is 3.24. The molecule has 0 unspecified atom stereocenters. The molecule has 5 heteroatoms. The number of nitriles is 1. The average Bonchev–Trinajstić information content (AvgIpc) is 2.72. The summed E-state index contributed by atoms with van der Waals surface area (Å²) in [5.41, 5.74) is 1.31. The number of nitrogens with zero attached hydrogens (tertiary/aromatic N) is 1. The molecule has 1 aromatic heterocycles. The highest BCUT2D eigenvalue weighted by Crippen LogP contribution is 2.32. The molecule has 1 atom stereocenters. The lowest BCUT2D eigenvalue weighted by molar-refractivity contribution is -0.138. The summed E-state index contributed by atoms with van der Waals surface area (Å²) in [4.78, 5) is 24.7.